The van der Waals surface area contributed by atoms with Gasteiger partial charge in [0.2, 0.25) is 5.89 Å². The molecule has 1 aliphatic carbocycles. The molecular weight excluding hydrogens is 238 g/mol. The van der Waals surface area contributed by atoms with Crippen molar-refractivity contribution < 1.29 is 4.52 Å². The number of aromatic nitrogens is 2. The smallest absolute Gasteiger partial charge is 0.229 e. The van der Waals surface area contributed by atoms with Gasteiger partial charge in [0.1, 0.15) is 0 Å². The Balaban J connectivity index is 1.59. The molecule has 1 heterocycles. The van der Waals surface area contributed by atoms with Crippen LogP contribution in [0.5, 0.6) is 0 Å². The molecule has 0 aliphatic heterocycles. The summed E-state index contributed by atoms with van der Waals surface area (Å²) >= 11 is 0. The van der Waals surface area contributed by atoms with Crippen LogP contribution >= 0.6 is 0 Å². The van der Waals surface area contributed by atoms with Crippen LogP contribution in [-0.4, -0.2) is 16.2 Å². The zero-order valence-electron chi connectivity index (χ0n) is 11.0. The number of nitrogens with two attached hydrogens (primary N) is 1. The van der Waals surface area contributed by atoms with Crippen molar-refractivity contribution in [3.63, 3.8) is 0 Å². The van der Waals surface area contributed by atoms with E-state index in [1.54, 1.807) is 0 Å². The summed E-state index contributed by atoms with van der Waals surface area (Å²) in [5.41, 5.74) is 7.22. The Hall–Kier alpha value is -1.68. The summed E-state index contributed by atoms with van der Waals surface area (Å²) in [6.07, 6.45) is 4.88. The SMILES string of the molecule is NC1CCC(c2nc(CCc3ccccc3)no2)C1. The molecule has 1 fully saturated rings. The first kappa shape index (κ1) is 12.4. The molecule has 2 aromatic rings. The van der Waals surface area contributed by atoms with Crippen molar-refractivity contribution in [1.82, 2.24) is 10.1 Å². The summed E-state index contributed by atoms with van der Waals surface area (Å²) in [7, 11) is 0. The minimum absolute atomic E-state index is 0.296. The fourth-order valence-corrected chi connectivity index (χ4v) is 2.68. The third-order valence-corrected chi connectivity index (χ3v) is 3.79. The number of rotatable bonds is 4. The van der Waals surface area contributed by atoms with Crippen LogP contribution in [-0.2, 0) is 12.8 Å². The normalized spacial score (nSPS) is 22.8. The zero-order valence-corrected chi connectivity index (χ0v) is 11.0. The largest absolute Gasteiger partial charge is 0.339 e. The lowest BCUT2D eigenvalue weighted by atomic mass is 10.1. The van der Waals surface area contributed by atoms with Gasteiger partial charge in [0, 0.05) is 18.4 Å². The van der Waals surface area contributed by atoms with Gasteiger partial charge in [-0.05, 0) is 31.2 Å². The second-order valence-electron chi connectivity index (χ2n) is 5.30. The maximum atomic E-state index is 5.91. The third-order valence-electron chi connectivity index (χ3n) is 3.79. The summed E-state index contributed by atoms with van der Waals surface area (Å²) < 4.78 is 5.37. The summed E-state index contributed by atoms with van der Waals surface area (Å²) in [5, 5.41) is 4.07. The molecule has 1 saturated carbocycles. The van der Waals surface area contributed by atoms with E-state index in [1.807, 2.05) is 6.07 Å². The van der Waals surface area contributed by atoms with E-state index in [2.05, 4.69) is 34.4 Å². The molecule has 1 aromatic heterocycles. The molecule has 100 valence electrons. The van der Waals surface area contributed by atoms with E-state index >= 15 is 0 Å². The van der Waals surface area contributed by atoms with Crippen LogP contribution in [0.3, 0.4) is 0 Å². The van der Waals surface area contributed by atoms with Gasteiger partial charge in [-0.15, -0.1) is 0 Å². The molecule has 0 bridgehead atoms. The van der Waals surface area contributed by atoms with E-state index in [0.29, 0.717) is 12.0 Å². The molecule has 2 N–H and O–H groups in total. The zero-order chi connectivity index (χ0) is 13.1. The minimum atomic E-state index is 0.296. The van der Waals surface area contributed by atoms with Crippen LogP contribution in [0.2, 0.25) is 0 Å². The topological polar surface area (TPSA) is 64.9 Å². The van der Waals surface area contributed by atoms with Gasteiger partial charge in [-0.3, -0.25) is 0 Å². The molecule has 0 amide bonds. The number of hydrogen-bond acceptors (Lipinski definition) is 4. The van der Waals surface area contributed by atoms with Crippen LogP contribution in [0, 0.1) is 0 Å². The van der Waals surface area contributed by atoms with Crippen molar-refractivity contribution in [2.24, 2.45) is 5.73 Å². The van der Waals surface area contributed by atoms with Gasteiger partial charge in [-0.2, -0.15) is 4.98 Å². The highest BCUT2D eigenvalue weighted by Crippen LogP contribution is 2.32. The van der Waals surface area contributed by atoms with Crippen molar-refractivity contribution in [3.8, 4) is 0 Å². The molecular formula is C15H19N3O. The summed E-state index contributed by atoms with van der Waals surface area (Å²) in [6.45, 7) is 0. The summed E-state index contributed by atoms with van der Waals surface area (Å²) in [4.78, 5) is 4.51. The van der Waals surface area contributed by atoms with Gasteiger partial charge in [0.05, 0.1) is 0 Å². The average Bonchev–Trinajstić information content (AvgIpc) is 3.06. The maximum Gasteiger partial charge on any atom is 0.229 e. The maximum absolute atomic E-state index is 5.91. The van der Waals surface area contributed by atoms with E-state index in [9.17, 15) is 0 Å². The fourth-order valence-electron chi connectivity index (χ4n) is 2.68. The highest BCUT2D eigenvalue weighted by Gasteiger charge is 2.27. The van der Waals surface area contributed by atoms with Gasteiger partial charge in [-0.1, -0.05) is 35.5 Å². The van der Waals surface area contributed by atoms with Crippen molar-refractivity contribution >= 4 is 0 Å². The Morgan fingerprint density at radius 3 is 2.74 bits per heavy atom. The highest BCUT2D eigenvalue weighted by molar-refractivity contribution is 5.15. The lowest BCUT2D eigenvalue weighted by Crippen LogP contribution is -2.14. The molecule has 1 aliphatic rings. The first-order valence-corrected chi connectivity index (χ1v) is 6.93. The van der Waals surface area contributed by atoms with Gasteiger partial charge < -0.3 is 10.3 Å². The second-order valence-corrected chi connectivity index (χ2v) is 5.30. The Morgan fingerprint density at radius 1 is 1.16 bits per heavy atom. The van der Waals surface area contributed by atoms with Crippen LogP contribution in [0.1, 0.15) is 42.5 Å². The lowest BCUT2D eigenvalue weighted by Gasteiger charge is -2.01. The molecule has 0 radical (unpaired) electrons. The standard InChI is InChI=1S/C15H19N3O/c16-13-8-7-12(10-13)15-17-14(18-19-15)9-6-11-4-2-1-3-5-11/h1-5,12-13H,6-10,16H2. The quantitative estimate of drug-likeness (QED) is 0.913. The van der Waals surface area contributed by atoms with E-state index in [-0.39, 0.29) is 0 Å². The first-order chi connectivity index (χ1) is 9.31. The van der Waals surface area contributed by atoms with Crippen LogP contribution in [0.4, 0.5) is 0 Å². The van der Waals surface area contributed by atoms with E-state index in [1.165, 1.54) is 5.56 Å². The third kappa shape index (κ3) is 3.01. The Kier molecular flexibility index (Phi) is 3.60. The average molecular weight is 257 g/mol. The molecule has 0 spiro atoms. The Labute approximate surface area is 113 Å². The van der Waals surface area contributed by atoms with Gasteiger partial charge in [-0.25, -0.2) is 0 Å². The van der Waals surface area contributed by atoms with Gasteiger partial charge in [0.25, 0.3) is 0 Å². The molecule has 2 unspecified atom stereocenters. The van der Waals surface area contributed by atoms with Gasteiger partial charge >= 0.3 is 0 Å². The van der Waals surface area contributed by atoms with E-state index < -0.39 is 0 Å². The first-order valence-electron chi connectivity index (χ1n) is 6.93. The lowest BCUT2D eigenvalue weighted by molar-refractivity contribution is 0.349. The molecule has 4 nitrogen and oxygen atoms in total. The summed E-state index contributed by atoms with van der Waals surface area (Å²) in [6, 6.07) is 10.7. The van der Waals surface area contributed by atoms with E-state index in [0.717, 1.165) is 43.8 Å². The van der Waals surface area contributed by atoms with E-state index in [4.69, 9.17) is 10.3 Å². The molecule has 3 rings (SSSR count). The monoisotopic (exact) mass is 257 g/mol. The predicted molar refractivity (Wildman–Crippen MR) is 72.7 cm³/mol. The van der Waals surface area contributed by atoms with Crippen molar-refractivity contribution in [2.45, 2.75) is 44.1 Å². The Bertz CT molecular complexity index is 523. The molecule has 2 atom stereocenters. The van der Waals surface area contributed by atoms with Crippen molar-refractivity contribution in [1.29, 1.82) is 0 Å². The van der Waals surface area contributed by atoms with Crippen LogP contribution in [0.15, 0.2) is 34.9 Å². The van der Waals surface area contributed by atoms with Crippen LogP contribution < -0.4 is 5.73 Å². The molecule has 0 saturated heterocycles. The second kappa shape index (κ2) is 5.53. The predicted octanol–water partition coefficient (Wildman–Crippen LogP) is 2.45. The highest BCUT2D eigenvalue weighted by atomic mass is 16.5. The number of benzene rings is 1. The number of nitrogens with zero attached hydrogens (tertiary/aromatic N) is 2. The number of hydrogen-bond donors (Lipinski definition) is 1. The Morgan fingerprint density at radius 2 is 2.00 bits per heavy atom. The molecule has 4 heteroatoms. The van der Waals surface area contributed by atoms with Crippen LogP contribution in [0.25, 0.3) is 0 Å². The minimum Gasteiger partial charge on any atom is -0.339 e. The van der Waals surface area contributed by atoms with Crippen molar-refractivity contribution in [2.75, 3.05) is 0 Å². The fraction of sp³-hybridized carbons (Fsp3) is 0.467. The molecule has 19 heavy (non-hydrogen) atoms. The molecule has 1 aromatic carbocycles. The van der Waals surface area contributed by atoms with Gasteiger partial charge in [0.15, 0.2) is 5.82 Å². The van der Waals surface area contributed by atoms with Crippen molar-refractivity contribution in [3.05, 3.63) is 47.6 Å². The number of aryl methyl sites for hydroxylation is 2. The summed E-state index contributed by atoms with van der Waals surface area (Å²) in [5.74, 6) is 1.95.